The summed E-state index contributed by atoms with van der Waals surface area (Å²) in [6, 6.07) is 9.97. The first kappa shape index (κ1) is 19.6. The predicted octanol–water partition coefficient (Wildman–Crippen LogP) is 0.925. The Balaban J connectivity index is 1.69. The number of aromatic nitrogens is 2. The van der Waals surface area contributed by atoms with Crippen LogP contribution in [0.5, 0.6) is 0 Å². The van der Waals surface area contributed by atoms with Gasteiger partial charge in [0.1, 0.15) is 0 Å². The smallest absolute Gasteiger partial charge is 0.305 e. The molecule has 0 atom stereocenters. The Morgan fingerprint density at radius 1 is 1.18 bits per heavy atom. The van der Waals surface area contributed by atoms with Gasteiger partial charge in [0.05, 0.1) is 22.9 Å². The Morgan fingerprint density at radius 2 is 2.00 bits per heavy atom. The molecule has 0 saturated carbocycles. The molecule has 0 aliphatic carbocycles. The fourth-order valence-corrected chi connectivity index (χ4v) is 3.27. The molecule has 2 aromatic heterocycles. The number of amides is 2. The van der Waals surface area contributed by atoms with Crippen molar-refractivity contribution in [2.75, 3.05) is 12.4 Å². The highest BCUT2D eigenvalue weighted by atomic mass is 32.2. The van der Waals surface area contributed by atoms with E-state index in [0.717, 1.165) is 11.8 Å². The number of thioether (sulfide) groups is 1. The lowest BCUT2D eigenvalue weighted by molar-refractivity contribution is -0.119. The number of nitrogens with zero attached hydrogens (tertiary/aromatic N) is 2. The van der Waals surface area contributed by atoms with Crippen LogP contribution >= 0.6 is 11.8 Å². The lowest BCUT2D eigenvalue weighted by atomic mass is 10.2. The molecule has 0 bridgehead atoms. The third-order valence-electron chi connectivity index (χ3n) is 3.76. The molecule has 1 aromatic carbocycles. The van der Waals surface area contributed by atoms with Crippen molar-refractivity contribution in [3.8, 4) is 0 Å². The van der Waals surface area contributed by atoms with Gasteiger partial charge >= 0.3 is 5.91 Å². The van der Waals surface area contributed by atoms with E-state index < -0.39 is 11.8 Å². The number of nitrogens with one attached hydrogen (secondary N) is 2. The van der Waals surface area contributed by atoms with E-state index in [9.17, 15) is 14.4 Å². The van der Waals surface area contributed by atoms with Crippen molar-refractivity contribution in [2.24, 2.45) is 0 Å². The van der Waals surface area contributed by atoms with E-state index in [2.05, 4.69) is 15.8 Å². The van der Waals surface area contributed by atoms with Crippen molar-refractivity contribution < 1.29 is 19.1 Å². The highest BCUT2D eigenvalue weighted by Gasteiger charge is 2.14. The Kier molecular flexibility index (Phi) is 6.45. The van der Waals surface area contributed by atoms with Crippen molar-refractivity contribution in [3.63, 3.8) is 0 Å². The van der Waals surface area contributed by atoms with E-state index >= 15 is 0 Å². The number of rotatable bonds is 7. The van der Waals surface area contributed by atoms with Crippen LogP contribution in [0.25, 0.3) is 10.9 Å². The summed E-state index contributed by atoms with van der Waals surface area (Å²) in [6.07, 6.45) is 1.74. The molecule has 28 heavy (non-hydrogen) atoms. The quantitative estimate of drug-likeness (QED) is 0.305. The average Bonchev–Trinajstić information content (AvgIpc) is 3.25. The summed E-state index contributed by atoms with van der Waals surface area (Å²) in [6.45, 7) is 0.217. The largest absolute Gasteiger partial charge is 0.459 e. The number of aliphatic hydroxyl groups excluding tert-OH is 1. The second-order valence-electron chi connectivity index (χ2n) is 5.71. The van der Waals surface area contributed by atoms with Gasteiger partial charge in [-0.1, -0.05) is 23.9 Å². The third kappa shape index (κ3) is 4.59. The van der Waals surface area contributed by atoms with Crippen molar-refractivity contribution in [1.82, 2.24) is 20.4 Å². The number of hydrogen-bond acceptors (Lipinski definition) is 7. The van der Waals surface area contributed by atoms with Crippen molar-refractivity contribution in [2.45, 2.75) is 18.1 Å². The Labute approximate surface area is 163 Å². The SMILES string of the molecule is O=C(CSc1nc2ccccc2c(=O)n1CCCO)NNC(=O)c1ccco1. The zero-order valence-electron chi connectivity index (χ0n) is 14.8. The summed E-state index contributed by atoms with van der Waals surface area (Å²) in [5.41, 5.74) is 4.83. The summed E-state index contributed by atoms with van der Waals surface area (Å²) in [5, 5.41) is 9.92. The fraction of sp³-hybridized carbons (Fsp3) is 0.222. The number of aliphatic hydroxyl groups is 1. The maximum Gasteiger partial charge on any atom is 0.305 e. The molecule has 0 fully saturated rings. The first-order chi connectivity index (χ1) is 13.6. The number of carbonyl (C=O) groups excluding carboxylic acids is 2. The minimum Gasteiger partial charge on any atom is -0.459 e. The van der Waals surface area contributed by atoms with E-state index in [1.807, 2.05) is 0 Å². The summed E-state index contributed by atoms with van der Waals surface area (Å²) < 4.78 is 6.37. The normalized spacial score (nSPS) is 10.8. The number of benzene rings is 1. The number of fused-ring (bicyclic) bond motifs is 1. The monoisotopic (exact) mass is 402 g/mol. The molecule has 0 saturated heterocycles. The summed E-state index contributed by atoms with van der Waals surface area (Å²) in [7, 11) is 0. The van der Waals surface area contributed by atoms with E-state index in [1.54, 1.807) is 30.3 Å². The maximum atomic E-state index is 12.7. The zero-order valence-corrected chi connectivity index (χ0v) is 15.6. The molecule has 146 valence electrons. The number of carbonyl (C=O) groups is 2. The molecule has 10 heteroatoms. The molecule has 3 aromatic rings. The van der Waals surface area contributed by atoms with Crippen LogP contribution in [0.2, 0.25) is 0 Å². The second-order valence-corrected chi connectivity index (χ2v) is 6.66. The van der Waals surface area contributed by atoms with Gasteiger partial charge in [-0.2, -0.15) is 0 Å². The molecular formula is C18H18N4O5S. The van der Waals surface area contributed by atoms with Crippen LogP contribution in [0, 0.1) is 0 Å². The van der Waals surface area contributed by atoms with Gasteiger partial charge in [0.25, 0.3) is 5.56 Å². The van der Waals surface area contributed by atoms with Gasteiger partial charge in [-0.05, 0) is 30.7 Å². The van der Waals surface area contributed by atoms with Crippen LogP contribution in [0.1, 0.15) is 17.0 Å². The van der Waals surface area contributed by atoms with Gasteiger partial charge < -0.3 is 9.52 Å². The summed E-state index contributed by atoms with van der Waals surface area (Å²) in [4.78, 5) is 40.9. The van der Waals surface area contributed by atoms with E-state index in [4.69, 9.17) is 9.52 Å². The highest BCUT2D eigenvalue weighted by Crippen LogP contribution is 2.17. The lowest BCUT2D eigenvalue weighted by Crippen LogP contribution is -2.42. The van der Waals surface area contributed by atoms with Crippen molar-refractivity contribution in [1.29, 1.82) is 0 Å². The lowest BCUT2D eigenvalue weighted by Gasteiger charge is -2.12. The molecule has 2 amide bonds. The Hall–Kier alpha value is -3.11. The molecule has 0 radical (unpaired) electrons. The molecule has 3 rings (SSSR count). The van der Waals surface area contributed by atoms with E-state index in [-0.39, 0.29) is 30.2 Å². The first-order valence-electron chi connectivity index (χ1n) is 8.46. The molecule has 0 spiro atoms. The molecular weight excluding hydrogens is 384 g/mol. The number of hydrazine groups is 1. The molecule has 3 N–H and O–H groups in total. The van der Waals surface area contributed by atoms with E-state index in [1.165, 1.54) is 16.9 Å². The maximum absolute atomic E-state index is 12.7. The van der Waals surface area contributed by atoms with Gasteiger partial charge in [-0.3, -0.25) is 29.8 Å². The highest BCUT2D eigenvalue weighted by molar-refractivity contribution is 7.99. The molecule has 0 aliphatic heterocycles. The zero-order chi connectivity index (χ0) is 19.9. The van der Waals surface area contributed by atoms with Crippen molar-refractivity contribution >= 4 is 34.5 Å². The number of furan rings is 1. The number of hydrogen-bond donors (Lipinski definition) is 3. The average molecular weight is 402 g/mol. The van der Waals surface area contributed by atoms with Crippen LogP contribution in [0.4, 0.5) is 0 Å². The van der Waals surface area contributed by atoms with Crippen LogP contribution in [-0.4, -0.2) is 38.8 Å². The predicted molar refractivity (Wildman–Crippen MR) is 103 cm³/mol. The van der Waals surface area contributed by atoms with E-state index in [0.29, 0.717) is 22.5 Å². The van der Waals surface area contributed by atoms with Gasteiger partial charge in [-0.15, -0.1) is 0 Å². The van der Waals surface area contributed by atoms with Crippen LogP contribution in [0.15, 0.2) is 57.0 Å². The van der Waals surface area contributed by atoms with Gasteiger partial charge in [-0.25, -0.2) is 4.98 Å². The Morgan fingerprint density at radius 3 is 2.75 bits per heavy atom. The minimum atomic E-state index is -0.577. The van der Waals surface area contributed by atoms with Gasteiger partial charge in [0.15, 0.2) is 10.9 Å². The Bertz CT molecular complexity index is 1030. The topological polar surface area (TPSA) is 126 Å². The molecule has 0 unspecified atom stereocenters. The second kappa shape index (κ2) is 9.20. The first-order valence-corrected chi connectivity index (χ1v) is 9.44. The third-order valence-corrected chi connectivity index (χ3v) is 4.74. The fourth-order valence-electron chi connectivity index (χ4n) is 2.45. The van der Waals surface area contributed by atoms with Crippen LogP contribution in [0.3, 0.4) is 0 Å². The van der Waals surface area contributed by atoms with Crippen LogP contribution < -0.4 is 16.4 Å². The molecule has 9 nitrogen and oxygen atoms in total. The number of para-hydroxylation sites is 1. The van der Waals surface area contributed by atoms with Gasteiger partial charge in [0, 0.05) is 13.2 Å². The van der Waals surface area contributed by atoms with Crippen LogP contribution in [-0.2, 0) is 11.3 Å². The minimum absolute atomic E-state index is 0.0668. The van der Waals surface area contributed by atoms with Crippen molar-refractivity contribution in [3.05, 3.63) is 58.8 Å². The van der Waals surface area contributed by atoms with Gasteiger partial charge in [0.2, 0.25) is 5.91 Å². The molecule has 0 aliphatic rings. The summed E-state index contributed by atoms with van der Waals surface area (Å²) >= 11 is 1.07. The standard InChI is InChI=1S/C18H18N4O5S/c23-9-4-8-22-17(26)12-5-1-2-6-13(12)19-18(22)28-11-15(24)20-21-16(25)14-7-3-10-27-14/h1-3,5-7,10,23H,4,8-9,11H2,(H,20,24)(H,21,25). The molecule has 2 heterocycles. The summed E-state index contributed by atoms with van der Waals surface area (Å²) in [5.74, 6) is -1.04.